The van der Waals surface area contributed by atoms with Gasteiger partial charge in [-0.05, 0) is 54.7 Å². The number of nitrogens with zero attached hydrogens (tertiary/aromatic N) is 2. The molecule has 0 saturated carbocycles. The molecule has 0 radical (unpaired) electrons. The van der Waals surface area contributed by atoms with Crippen molar-refractivity contribution in [3.05, 3.63) is 83.9 Å². The number of nitro benzene ring substituents is 1. The Labute approximate surface area is 192 Å². The quantitative estimate of drug-likeness (QED) is 0.176. The molecule has 0 spiro atoms. The van der Waals surface area contributed by atoms with Crippen LogP contribution in [0, 0.1) is 14.9 Å². The smallest absolute Gasteiger partial charge is 0.277 e. The molecule has 3 aromatic rings. The van der Waals surface area contributed by atoms with Crippen LogP contribution in [0.25, 0.3) is 17.3 Å². The van der Waals surface area contributed by atoms with E-state index in [0.717, 1.165) is 6.08 Å². The summed E-state index contributed by atoms with van der Waals surface area (Å²) in [5.41, 5.74) is -1.37. The number of carbonyl (C=O) groups is 1. The minimum atomic E-state index is -0.780. The van der Waals surface area contributed by atoms with Gasteiger partial charge < -0.3 is 9.84 Å². The van der Waals surface area contributed by atoms with E-state index in [0.29, 0.717) is 17.0 Å². The van der Waals surface area contributed by atoms with Crippen molar-refractivity contribution in [2.45, 2.75) is 7.43 Å². The zero-order valence-corrected chi connectivity index (χ0v) is 17.4. The maximum absolute atomic E-state index is 12.5. The molecule has 0 aliphatic rings. The van der Waals surface area contributed by atoms with Crippen molar-refractivity contribution in [1.82, 2.24) is 9.55 Å². The van der Waals surface area contributed by atoms with Crippen LogP contribution in [0.4, 0.5) is 5.69 Å². The zero-order valence-electron chi connectivity index (χ0n) is 15.9. The molecule has 0 amide bonds. The number of allylic oxidation sites excluding steroid dienone is 1. The number of hydrogen-bond acceptors (Lipinski definition) is 7. The topological polar surface area (TPSA) is 127 Å². The van der Waals surface area contributed by atoms with E-state index in [1.165, 1.54) is 29.9 Å². The lowest BCUT2D eigenvalue weighted by Crippen LogP contribution is -2.16. The van der Waals surface area contributed by atoms with E-state index < -0.39 is 16.4 Å². The van der Waals surface area contributed by atoms with Crippen LogP contribution in [0.15, 0.2) is 47.3 Å². The number of benzene rings is 2. The van der Waals surface area contributed by atoms with Crippen LogP contribution in [0.5, 0.6) is 11.6 Å². The third kappa shape index (κ3) is 4.76. The van der Waals surface area contributed by atoms with Gasteiger partial charge in [0, 0.05) is 16.7 Å². The summed E-state index contributed by atoms with van der Waals surface area (Å²) in [4.78, 5) is 37.4. The highest BCUT2D eigenvalue weighted by molar-refractivity contribution is 7.71. The summed E-state index contributed by atoms with van der Waals surface area (Å²) >= 11 is 11.0. The normalized spacial score (nSPS) is 10.9. The maximum Gasteiger partial charge on any atom is 0.277 e. The van der Waals surface area contributed by atoms with Crippen molar-refractivity contribution in [2.24, 2.45) is 0 Å². The van der Waals surface area contributed by atoms with Crippen LogP contribution in [0.2, 0.25) is 5.02 Å². The number of halogens is 1. The summed E-state index contributed by atoms with van der Waals surface area (Å²) in [6.07, 6.45) is 1.39. The molecule has 0 aliphatic carbocycles. The second-order valence-electron chi connectivity index (χ2n) is 6.17. The van der Waals surface area contributed by atoms with E-state index in [2.05, 4.69) is 4.98 Å². The largest absolute Gasteiger partial charge is 0.497 e. The predicted octanol–water partition coefficient (Wildman–Crippen LogP) is 4.55. The van der Waals surface area contributed by atoms with Crippen molar-refractivity contribution in [3.63, 3.8) is 0 Å². The molecule has 2 aromatic carbocycles. The second-order valence-corrected chi connectivity index (χ2v) is 6.99. The molecule has 0 bridgehead atoms. The lowest BCUT2D eigenvalue weighted by Gasteiger charge is -2.12. The Hall–Kier alpha value is -3.76. The fourth-order valence-corrected chi connectivity index (χ4v) is 3.27. The third-order valence-electron chi connectivity index (χ3n) is 4.34. The van der Waals surface area contributed by atoms with Crippen molar-refractivity contribution < 1.29 is 19.6 Å². The molecule has 0 saturated heterocycles. The second kappa shape index (κ2) is 10.0. The first kappa shape index (κ1) is 24.5. The van der Waals surface area contributed by atoms with Crippen LogP contribution < -0.4 is 10.3 Å². The predicted molar refractivity (Wildman–Crippen MR) is 124 cm³/mol. The molecule has 1 aromatic heterocycles. The first-order chi connectivity index (χ1) is 14.8. The van der Waals surface area contributed by atoms with E-state index >= 15 is 0 Å². The molecule has 0 fully saturated rings. The fraction of sp³-hybridized carbons (Fsp3) is 0.0952. The molecule has 1 heterocycles. The average Bonchev–Trinajstić information content (AvgIpc) is 2.74. The summed E-state index contributed by atoms with van der Waals surface area (Å²) < 4.78 is 6.15. The molecular formula is C21H18ClN3O6S. The number of aromatic amines is 1. The summed E-state index contributed by atoms with van der Waals surface area (Å²) in [5, 5.41) is 22.6. The number of aldehydes is 1. The molecule has 0 aliphatic heterocycles. The molecule has 166 valence electrons. The van der Waals surface area contributed by atoms with Crippen molar-refractivity contribution in [2.75, 3.05) is 7.11 Å². The van der Waals surface area contributed by atoms with Crippen LogP contribution in [0.3, 0.4) is 0 Å². The first-order valence-electron chi connectivity index (χ1n) is 8.60. The van der Waals surface area contributed by atoms with Crippen molar-refractivity contribution in [1.29, 1.82) is 0 Å². The number of methoxy groups -OCH3 is 1. The number of H-pyrrole nitrogens is 1. The Balaban J connectivity index is 0.00000363. The minimum Gasteiger partial charge on any atom is -0.497 e. The molecule has 32 heavy (non-hydrogen) atoms. The molecule has 3 rings (SSSR count). The maximum atomic E-state index is 12.5. The number of hydrogen-bond donors (Lipinski definition) is 2. The number of aromatic nitrogens is 2. The van der Waals surface area contributed by atoms with E-state index in [-0.39, 0.29) is 40.3 Å². The Bertz CT molecular complexity index is 1330. The van der Waals surface area contributed by atoms with E-state index in [4.69, 9.17) is 28.6 Å². The van der Waals surface area contributed by atoms with E-state index in [1.807, 2.05) is 0 Å². The van der Waals surface area contributed by atoms with Gasteiger partial charge in [0.1, 0.15) is 11.3 Å². The van der Waals surface area contributed by atoms with Gasteiger partial charge in [-0.3, -0.25) is 29.3 Å². The number of carbonyl (C=O) groups excluding carboxylic acids is 1. The lowest BCUT2D eigenvalue weighted by molar-refractivity contribution is -0.385. The third-order valence-corrected chi connectivity index (χ3v) is 4.88. The molecule has 0 atom stereocenters. The number of nitrogens with one attached hydrogen (secondary N) is 1. The van der Waals surface area contributed by atoms with Gasteiger partial charge in [-0.25, -0.2) is 0 Å². The average molecular weight is 476 g/mol. The van der Waals surface area contributed by atoms with Gasteiger partial charge >= 0.3 is 0 Å². The van der Waals surface area contributed by atoms with Gasteiger partial charge in [0.2, 0.25) is 5.88 Å². The highest BCUT2D eigenvalue weighted by atomic mass is 35.5. The number of aromatic hydroxyl groups is 1. The lowest BCUT2D eigenvalue weighted by atomic mass is 10.0. The van der Waals surface area contributed by atoms with Gasteiger partial charge in [-0.2, -0.15) is 0 Å². The fourth-order valence-electron chi connectivity index (χ4n) is 2.86. The van der Waals surface area contributed by atoms with Gasteiger partial charge in [0.15, 0.2) is 11.1 Å². The Morgan fingerprint density at radius 1 is 1.28 bits per heavy atom. The summed E-state index contributed by atoms with van der Waals surface area (Å²) in [6, 6.07) is 10.1. The SMILES string of the molecule is C.COc1ccc([N+](=O)[O-])c(C(C=O)=Cc2c(O)n(-c3ccc(Cl)cc3)c(=S)[nH]c2=O)c1. The van der Waals surface area contributed by atoms with Crippen LogP contribution in [0.1, 0.15) is 18.6 Å². The van der Waals surface area contributed by atoms with Crippen molar-refractivity contribution >= 4 is 47.4 Å². The first-order valence-corrected chi connectivity index (χ1v) is 9.39. The highest BCUT2D eigenvalue weighted by Crippen LogP contribution is 2.31. The Morgan fingerprint density at radius 3 is 2.50 bits per heavy atom. The standard InChI is InChI=1S/C20H14ClN3O6S.CH4/c1-30-14-6-7-17(24(28)29)15(9-14)11(10-25)8-16-18(26)22-20(31)23(19(16)27)13-4-2-12(21)3-5-13;/h2-10,27H,1H3,(H,22,26,31);1H4. The van der Waals surface area contributed by atoms with Gasteiger partial charge in [-0.15, -0.1) is 0 Å². The monoisotopic (exact) mass is 475 g/mol. The summed E-state index contributed by atoms with van der Waals surface area (Å²) in [7, 11) is 1.36. The van der Waals surface area contributed by atoms with E-state index in [1.54, 1.807) is 24.3 Å². The van der Waals surface area contributed by atoms with E-state index in [9.17, 15) is 24.8 Å². The number of nitro groups is 1. The minimum absolute atomic E-state index is 0. The summed E-state index contributed by atoms with van der Waals surface area (Å²) in [6.45, 7) is 0. The number of rotatable bonds is 6. The summed E-state index contributed by atoms with van der Waals surface area (Å²) in [5.74, 6) is -0.287. The molecule has 11 heteroatoms. The highest BCUT2D eigenvalue weighted by Gasteiger charge is 2.20. The van der Waals surface area contributed by atoms with Gasteiger partial charge in [0.05, 0.1) is 23.3 Å². The molecule has 9 nitrogen and oxygen atoms in total. The van der Waals surface area contributed by atoms with Gasteiger partial charge in [-0.1, -0.05) is 19.0 Å². The van der Waals surface area contributed by atoms with Gasteiger partial charge in [0.25, 0.3) is 11.2 Å². The van der Waals surface area contributed by atoms with Crippen LogP contribution in [-0.4, -0.2) is 33.0 Å². The molecule has 2 N–H and O–H groups in total. The molecular weight excluding hydrogens is 458 g/mol. The zero-order chi connectivity index (χ0) is 22.7. The molecule has 0 unspecified atom stereocenters. The van der Waals surface area contributed by atoms with Crippen molar-refractivity contribution in [3.8, 4) is 17.3 Å². The van der Waals surface area contributed by atoms with Crippen LogP contribution in [-0.2, 0) is 4.79 Å². The Kier molecular flexibility index (Phi) is 7.68. The van der Waals surface area contributed by atoms with Crippen LogP contribution >= 0.6 is 23.8 Å². The Morgan fingerprint density at radius 2 is 1.94 bits per heavy atom. The number of ether oxygens (including phenoxy) is 1.